The molecule has 2 amide bonds. The molecule has 0 unspecified atom stereocenters. The molecule has 6 nitrogen and oxygen atoms in total. The Balaban J connectivity index is 1.97. The van der Waals surface area contributed by atoms with Gasteiger partial charge in [-0.1, -0.05) is 11.6 Å². The van der Waals surface area contributed by atoms with Crippen LogP contribution in [0.1, 0.15) is 10.4 Å². The number of amides is 2. The predicted octanol–water partition coefficient (Wildman–Crippen LogP) is 4.54. The average molecular weight is 417 g/mol. The summed E-state index contributed by atoms with van der Waals surface area (Å²) in [6, 6.07) is 10.1. The number of rotatable bonds is 6. The van der Waals surface area contributed by atoms with E-state index in [-0.39, 0.29) is 17.1 Å². The minimum absolute atomic E-state index is 0.0420. The maximum absolute atomic E-state index is 13.8. The van der Waals surface area contributed by atoms with Gasteiger partial charge in [0.05, 0.1) is 16.3 Å². The summed E-state index contributed by atoms with van der Waals surface area (Å²) in [5, 5.41) is 2.97. The van der Waals surface area contributed by atoms with Gasteiger partial charge in [-0.2, -0.15) is 0 Å². The van der Waals surface area contributed by atoms with Crippen molar-refractivity contribution in [3.05, 3.63) is 71.3 Å². The third-order valence-corrected chi connectivity index (χ3v) is 4.68. The van der Waals surface area contributed by atoms with Gasteiger partial charge in [-0.15, -0.1) is 11.8 Å². The number of carbonyl (C=O) groups excluding carboxylic acids is 2. The van der Waals surface area contributed by atoms with Crippen LogP contribution in [0, 0.1) is 5.82 Å². The van der Waals surface area contributed by atoms with Crippen LogP contribution in [-0.4, -0.2) is 28.5 Å². The maximum Gasteiger partial charge on any atom is 0.259 e. The van der Waals surface area contributed by atoms with Crippen molar-refractivity contribution in [1.82, 2.24) is 9.97 Å². The number of anilines is 3. The van der Waals surface area contributed by atoms with Crippen molar-refractivity contribution < 1.29 is 14.0 Å². The van der Waals surface area contributed by atoms with Crippen molar-refractivity contribution >= 4 is 53.0 Å². The Bertz CT molecular complexity index is 1000. The number of nitrogens with zero attached hydrogens (tertiary/aromatic N) is 3. The Morgan fingerprint density at radius 3 is 2.61 bits per heavy atom. The number of hydrogen-bond donors (Lipinski definition) is 1. The van der Waals surface area contributed by atoms with Crippen LogP contribution in [0.3, 0.4) is 0 Å². The third-order valence-electron chi connectivity index (χ3n) is 3.74. The molecule has 0 aliphatic heterocycles. The molecule has 0 saturated heterocycles. The van der Waals surface area contributed by atoms with Crippen molar-refractivity contribution in [3.8, 4) is 0 Å². The van der Waals surface area contributed by atoms with Gasteiger partial charge in [0.15, 0.2) is 0 Å². The fourth-order valence-corrected chi connectivity index (χ4v) is 2.88. The molecule has 2 heterocycles. The van der Waals surface area contributed by atoms with E-state index in [2.05, 4.69) is 15.3 Å². The Labute approximate surface area is 169 Å². The van der Waals surface area contributed by atoms with Crippen LogP contribution in [0.4, 0.5) is 21.7 Å². The zero-order valence-electron chi connectivity index (χ0n) is 14.6. The number of benzene rings is 1. The molecule has 0 fully saturated rings. The minimum atomic E-state index is -0.628. The highest BCUT2D eigenvalue weighted by Gasteiger charge is 2.20. The monoisotopic (exact) mass is 416 g/mol. The van der Waals surface area contributed by atoms with Crippen LogP contribution >= 0.6 is 23.4 Å². The second kappa shape index (κ2) is 8.81. The van der Waals surface area contributed by atoms with Gasteiger partial charge < -0.3 is 5.32 Å². The third kappa shape index (κ3) is 4.47. The van der Waals surface area contributed by atoms with E-state index in [1.165, 1.54) is 41.1 Å². The molecule has 0 bridgehead atoms. The molecule has 3 rings (SSSR count). The van der Waals surface area contributed by atoms with Gasteiger partial charge in [-0.25, -0.2) is 14.4 Å². The van der Waals surface area contributed by atoms with Gasteiger partial charge in [0.25, 0.3) is 5.91 Å². The zero-order valence-corrected chi connectivity index (χ0v) is 16.2. The van der Waals surface area contributed by atoms with Crippen molar-refractivity contribution in [1.29, 1.82) is 0 Å². The SMILES string of the molecule is CSc1ccc(N(C=O)c2ccc(F)cc2C(=O)Nc2ccc(Cl)cn2)nc1. The maximum atomic E-state index is 13.8. The first-order chi connectivity index (χ1) is 13.5. The lowest BCUT2D eigenvalue weighted by molar-refractivity contribution is -0.106. The molecule has 2 aromatic heterocycles. The molecule has 28 heavy (non-hydrogen) atoms. The van der Waals surface area contributed by atoms with Gasteiger partial charge in [0, 0.05) is 17.3 Å². The molecular formula is C19H14ClFN4O2S. The average Bonchev–Trinajstić information content (AvgIpc) is 2.71. The van der Waals surface area contributed by atoms with Crippen LogP contribution < -0.4 is 10.2 Å². The molecule has 1 aromatic carbocycles. The number of carbonyl (C=O) groups is 2. The lowest BCUT2D eigenvalue weighted by Crippen LogP contribution is -2.22. The quantitative estimate of drug-likeness (QED) is 0.471. The molecule has 3 aromatic rings. The number of pyridine rings is 2. The Hall–Kier alpha value is -2.97. The number of nitrogens with one attached hydrogen (secondary N) is 1. The fourth-order valence-electron chi connectivity index (χ4n) is 2.40. The molecule has 0 atom stereocenters. The van der Waals surface area contributed by atoms with Crippen molar-refractivity contribution in [2.45, 2.75) is 4.90 Å². The lowest BCUT2D eigenvalue weighted by Gasteiger charge is -2.20. The summed E-state index contributed by atoms with van der Waals surface area (Å²) < 4.78 is 13.8. The van der Waals surface area contributed by atoms with E-state index in [4.69, 9.17) is 11.6 Å². The number of thioether (sulfide) groups is 1. The molecule has 142 valence electrons. The Morgan fingerprint density at radius 1 is 1.18 bits per heavy atom. The molecule has 9 heteroatoms. The summed E-state index contributed by atoms with van der Waals surface area (Å²) in [7, 11) is 0. The normalized spacial score (nSPS) is 10.4. The van der Waals surface area contributed by atoms with E-state index >= 15 is 0 Å². The summed E-state index contributed by atoms with van der Waals surface area (Å²) >= 11 is 7.29. The Morgan fingerprint density at radius 2 is 2.00 bits per heavy atom. The van der Waals surface area contributed by atoms with E-state index in [9.17, 15) is 14.0 Å². The van der Waals surface area contributed by atoms with Gasteiger partial charge in [-0.05, 0) is 48.7 Å². The van der Waals surface area contributed by atoms with Crippen LogP contribution in [0.25, 0.3) is 0 Å². The lowest BCUT2D eigenvalue weighted by atomic mass is 10.1. The van der Waals surface area contributed by atoms with Crippen LogP contribution in [0.15, 0.2) is 59.8 Å². The standard InChI is InChI=1S/C19H14ClFN4O2S/c1-28-14-4-7-18(23-10-14)25(11-26)16-5-3-13(21)8-15(16)19(27)24-17-6-2-12(20)9-22-17/h2-11H,1H3,(H,22,24,27). The number of halogens is 2. The highest BCUT2D eigenvalue weighted by atomic mass is 35.5. The summed E-state index contributed by atoms with van der Waals surface area (Å²) in [6.07, 6.45) is 5.41. The first kappa shape index (κ1) is 19.8. The van der Waals surface area contributed by atoms with Crippen LogP contribution in [-0.2, 0) is 4.79 Å². The van der Waals surface area contributed by atoms with E-state index in [1.54, 1.807) is 24.4 Å². The van der Waals surface area contributed by atoms with Crippen LogP contribution in [0.2, 0.25) is 5.02 Å². The summed E-state index contributed by atoms with van der Waals surface area (Å²) in [5.74, 6) is -0.700. The molecule has 1 N–H and O–H groups in total. The summed E-state index contributed by atoms with van der Waals surface area (Å²) in [4.78, 5) is 34.8. The van der Waals surface area contributed by atoms with Crippen molar-refractivity contribution in [2.24, 2.45) is 0 Å². The van der Waals surface area contributed by atoms with E-state index < -0.39 is 11.7 Å². The van der Waals surface area contributed by atoms with Gasteiger partial charge >= 0.3 is 0 Å². The topological polar surface area (TPSA) is 75.2 Å². The minimum Gasteiger partial charge on any atom is -0.306 e. The predicted molar refractivity (Wildman–Crippen MR) is 108 cm³/mol. The van der Waals surface area contributed by atoms with Crippen LogP contribution in [0.5, 0.6) is 0 Å². The van der Waals surface area contributed by atoms with E-state index in [0.717, 1.165) is 11.0 Å². The van der Waals surface area contributed by atoms with Gasteiger partial charge in [0.2, 0.25) is 6.41 Å². The largest absolute Gasteiger partial charge is 0.306 e. The Kier molecular flexibility index (Phi) is 6.23. The highest BCUT2D eigenvalue weighted by Crippen LogP contribution is 2.28. The fraction of sp³-hybridized carbons (Fsp3) is 0.0526. The first-order valence-electron chi connectivity index (χ1n) is 7.99. The molecule has 0 saturated carbocycles. The highest BCUT2D eigenvalue weighted by molar-refractivity contribution is 7.98. The van der Waals surface area contributed by atoms with Gasteiger partial charge in [-0.3, -0.25) is 14.5 Å². The number of aromatic nitrogens is 2. The van der Waals surface area contributed by atoms with Crippen molar-refractivity contribution in [3.63, 3.8) is 0 Å². The molecular weight excluding hydrogens is 403 g/mol. The van der Waals surface area contributed by atoms with Crippen molar-refractivity contribution in [2.75, 3.05) is 16.5 Å². The second-order valence-corrected chi connectivity index (χ2v) is 6.82. The first-order valence-corrected chi connectivity index (χ1v) is 9.59. The van der Waals surface area contributed by atoms with E-state index in [1.807, 2.05) is 6.26 Å². The molecule has 0 spiro atoms. The smallest absolute Gasteiger partial charge is 0.259 e. The molecule has 0 radical (unpaired) electrons. The molecule has 0 aliphatic rings. The molecule has 0 aliphatic carbocycles. The number of hydrogen-bond acceptors (Lipinski definition) is 5. The summed E-state index contributed by atoms with van der Waals surface area (Å²) in [6.45, 7) is 0. The second-order valence-electron chi connectivity index (χ2n) is 5.51. The van der Waals surface area contributed by atoms with Gasteiger partial charge in [0.1, 0.15) is 17.5 Å². The summed E-state index contributed by atoms with van der Waals surface area (Å²) in [5.41, 5.74) is 0.145. The zero-order chi connectivity index (χ0) is 20.1. The van der Waals surface area contributed by atoms with E-state index in [0.29, 0.717) is 17.3 Å².